The lowest BCUT2D eigenvalue weighted by atomic mass is 10.3. The molecule has 0 bridgehead atoms. The molecule has 1 heterocycles. The van der Waals surface area contributed by atoms with E-state index < -0.39 is 0 Å². The summed E-state index contributed by atoms with van der Waals surface area (Å²) in [7, 11) is 0. The van der Waals surface area contributed by atoms with E-state index in [4.69, 9.17) is 12.2 Å². The number of rotatable bonds is 1. The van der Waals surface area contributed by atoms with E-state index in [1.165, 1.54) is 0 Å². The second-order valence-electron chi connectivity index (χ2n) is 3.66. The Kier molecular flexibility index (Phi) is 1.61. The number of hydrogen-bond donors (Lipinski definition) is 1. The molecule has 66 valence electrons. The van der Waals surface area contributed by atoms with Crippen LogP contribution >= 0.6 is 12.2 Å². The molecule has 1 aliphatic heterocycles. The Morgan fingerprint density at radius 3 is 2.50 bits per heavy atom. The molecular formula is C8H12N2OS. The van der Waals surface area contributed by atoms with Gasteiger partial charge in [-0.2, -0.15) is 0 Å². The maximum absolute atomic E-state index is 11.5. The number of carbonyl (C=O) groups is 1. The van der Waals surface area contributed by atoms with Crippen molar-refractivity contribution in [2.24, 2.45) is 5.92 Å². The van der Waals surface area contributed by atoms with Crippen LogP contribution in [0.3, 0.4) is 0 Å². The van der Waals surface area contributed by atoms with Crippen LogP contribution in [0.1, 0.15) is 20.3 Å². The average molecular weight is 184 g/mol. The summed E-state index contributed by atoms with van der Waals surface area (Å²) in [5.41, 5.74) is 0. The van der Waals surface area contributed by atoms with E-state index in [9.17, 15) is 4.79 Å². The summed E-state index contributed by atoms with van der Waals surface area (Å²) in [5.74, 6) is 0.758. The van der Waals surface area contributed by atoms with Crippen LogP contribution in [-0.2, 0) is 4.79 Å². The zero-order valence-electron chi connectivity index (χ0n) is 7.20. The van der Waals surface area contributed by atoms with Gasteiger partial charge in [-0.15, -0.1) is 0 Å². The molecule has 1 amide bonds. The Balaban J connectivity index is 2.14. The van der Waals surface area contributed by atoms with E-state index in [2.05, 4.69) is 12.2 Å². The van der Waals surface area contributed by atoms with Gasteiger partial charge in [-0.1, -0.05) is 6.92 Å². The number of carbonyl (C=O) groups excluding carboxylic acids is 1. The summed E-state index contributed by atoms with van der Waals surface area (Å²) in [5, 5.41) is 3.58. The summed E-state index contributed by atoms with van der Waals surface area (Å²) in [6, 6.07) is 0.257. The van der Waals surface area contributed by atoms with Crippen molar-refractivity contribution in [3.05, 3.63) is 0 Å². The van der Waals surface area contributed by atoms with Gasteiger partial charge in [-0.3, -0.25) is 9.69 Å². The minimum atomic E-state index is -0.120. The molecule has 1 saturated carbocycles. The monoisotopic (exact) mass is 184 g/mol. The highest BCUT2D eigenvalue weighted by Gasteiger charge is 2.46. The summed E-state index contributed by atoms with van der Waals surface area (Å²) < 4.78 is 0. The van der Waals surface area contributed by atoms with Crippen molar-refractivity contribution in [2.45, 2.75) is 32.4 Å². The number of thiocarbonyl (C=S) groups is 1. The molecule has 0 aromatic rings. The van der Waals surface area contributed by atoms with Gasteiger partial charge < -0.3 is 5.32 Å². The lowest BCUT2D eigenvalue weighted by Gasteiger charge is -2.13. The minimum absolute atomic E-state index is 0.120. The standard InChI is InChI=1S/C8H12N2OS/c1-4-3-6(4)10-7(11)5(2)9-8(10)12/h4-6H,3H2,1-2H3,(H,9,12)/t4-,5?,6-/m1/s1. The molecular weight excluding hydrogens is 172 g/mol. The molecule has 0 radical (unpaired) electrons. The normalized spacial score (nSPS) is 40.2. The van der Waals surface area contributed by atoms with Gasteiger partial charge in [0.15, 0.2) is 5.11 Å². The predicted molar refractivity (Wildman–Crippen MR) is 49.6 cm³/mol. The molecule has 1 aliphatic carbocycles. The second-order valence-corrected chi connectivity index (χ2v) is 4.05. The molecule has 1 unspecified atom stereocenters. The summed E-state index contributed by atoms with van der Waals surface area (Å²) in [6.07, 6.45) is 1.10. The zero-order chi connectivity index (χ0) is 8.88. The SMILES string of the molecule is CC1NC(=S)N([C@@H]2C[C@H]2C)C1=O. The minimum Gasteiger partial charge on any atom is -0.351 e. The topological polar surface area (TPSA) is 32.3 Å². The second kappa shape index (κ2) is 2.42. The fourth-order valence-electron chi connectivity index (χ4n) is 1.60. The van der Waals surface area contributed by atoms with Gasteiger partial charge in [0.25, 0.3) is 5.91 Å². The number of nitrogens with one attached hydrogen (secondary N) is 1. The zero-order valence-corrected chi connectivity index (χ0v) is 8.02. The molecule has 0 aromatic carbocycles. The summed E-state index contributed by atoms with van der Waals surface area (Å²) >= 11 is 5.06. The van der Waals surface area contributed by atoms with E-state index in [1.54, 1.807) is 4.90 Å². The van der Waals surface area contributed by atoms with Gasteiger partial charge in [-0.05, 0) is 31.5 Å². The fourth-order valence-corrected chi connectivity index (χ4v) is 2.00. The Labute approximate surface area is 77.1 Å². The molecule has 4 heteroatoms. The van der Waals surface area contributed by atoms with Crippen LogP contribution in [0.5, 0.6) is 0 Å². The van der Waals surface area contributed by atoms with E-state index in [1.807, 2.05) is 6.92 Å². The summed E-state index contributed by atoms with van der Waals surface area (Å²) in [4.78, 5) is 13.3. The van der Waals surface area contributed by atoms with Gasteiger partial charge in [-0.25, -0.2) is 0 Å². The highest BCUT2D eigenvalue weighted by Crippen LogP contribution is 2.36. The van der Waals surface area contributed by atoms with Crippen LogP contribution < -0.4 is 5.32 Å². The molecule has 2 rings (SSSR count). The molecule has 1 N–H and O–H groups in total. The smallest absolute Gasteiger partial charge is 0.251 e. The van der Waals surface area contributed by atoms with Gasteiger partial charge in [0, 0.05) is 6.04 Å². The first-order chi connectivity index (χ1) is 5.61. The van der Waals surface area contributed by atoms with E-state index in [0.29, 0.717) is 17.1 Å². The van der Waals surface area contributed by atoms with Crippen molar-refractivity contribution in [3.63, 3.8) is 0 Å². The highest BCUT2D eigenvalue weighted by molar-refractivity contribution is 7.80. The Bertz CT molecular complexity index is 253. The van der Waals surface area contributed by atoms with Gasteiger partial charge in [0.1, 0.15) is 6.04 Å². The first-order valence-corrected chi connectivity index (χ1v) is 4.65. The van der Waals surface area contributed by atoms with Crippen LogP contribution in [0.15, 0.2) is 0 Å². The quantitative estimate of drug-likeness (QED) is 0.602. The van der Waals surface area contributed by atoms with Crippen molar-refractivity contribution >= 4 is 23.2 Å². The molecule has 3 nitrogen and oxygen atoms in total. The fraction of sp³-hybridized carbons (Fsp3) is 0.750. The van der Waals surface area contributed by atoms with Crippen LogP contribution in [0, 0.1) is 5.92 Å². The van der Waals surface area contributed by atoms with Crippen LogP contribution in [0.2, 0.25) is 0 Å². The maximum Gasteiger partial charge on any atom is 0.251 e. The number of amides is 1. The largest absolute Gasteiger partial charge is 0.351 e. The highest BCUT2D eigenvalue weighted by atomic mass is 32.1. The lowest BCUT2D eigenvalue weighted by Crippen LogP contribution is -2.33. The molecule has 0 spiro atoms. The van der Waals surface area contributed by atoms with Crippen molar-refractivity contribution in [3.8, 4) is 0 Å². The third kappa shape index (κ3) is 1.02. The third-order valence-electron chi connectivity index (χ3n) is 2.57. The number of hydrogen-bond acceptors (Lipinski definition) is 2. The van der Waals surface area contributed by atoms with E-state index in [-0.39, 0.29) is 11.9 Å². The van der Waals surface area contributed by atoms with Gasteiger partial charge in [0.05, 0.1) is 0 Å². The van der Waals surface area contributed by atoms with Gasteiger partial charge >= 0.3 is 0 Å². The molecule has 1 saturated heterocycles. The van der Waals surface area contributed by atoms with Crippen molar-refractivity contribution in [1.29, 1.82) is 0 Å². The first-order valence-electron chi connectivity index (χ1n) is 4.25. The molecule has 0 aromatic heterocycles. The maximum atomic E-state index is 11.5. The molecule has 2 aliphatic rings. The van der Waals surface area contributed by atoms with E-state index >= 15 is 0 Å². The third-order valence-corrected chi connectivity index (χ3v) is 2.88. The lowest BCUT2D eigenvalue weighted by molar-refractivity contribution is -0.127. The van der Waals surface area contributed by atoms with Crippen molar-refractivity contribution in [1.82, 2.24) is 10.2 Å². The molecule has 3 atom stereocenters. The van der Waals surface area contributed by atoms with Crippen LogP contribution in [0.25, 0.3) is 0 Å². The number of nitrogens with zero attached hydrogens (tertiary/aromatic N) is 1. The van der Waals surface area contributed by atoms with Crippen LogP contribution in [0.4, 0.5) is 0 Å². The van der Waals surface area contributed by atoms with Crippen LogP contribution in [-0.4, -0.2) is 28.0 Å². The van der Waals surface area contributed by atoms with Gasteiger partial charge in [0.2, 0.25) is 0 Å². The predicted octanol–water partition coefficient (Wildman–Crippen LogP) is 0.500. The Morgan fingerprint density at radius 2 is 2.17 bits per heavy atom. The summed E-state index contributed by atoms with van der Waals surface area (Å²) in [6.45, 7) is 3.99. The Hall–Kier alpha value is -0.640. The average Bonchev–Trinajstić information content (AvgIpc) is 2.61. The first kappa shape index (κ1) is 7.98. The van der Waals surface area contributed by atoms with E-state index in [0.717, 1.165) is 6.42 Å². The van der Waals surface area contributed by atoms with Crippen molar-refractivity contribution in [2.75, 3.05) is 0 Å². The van der Waals surface area contributed by atoms with Crippen molar-refractivity contribution < 1.29 is 4.79 Å². The molecule has 12 heavy (non-hydrogen) atoms. The molecule has 2 fully saturated rings. The Morgan fingerprint density at radius 1 is 1.58 bits per heavy atom.